The number of aromatic nitrogens is 1. The van der Waals surface area contributed by atoms with Gasteiger partial charge >= 0.3 is 0 Å². The number of hydrogen-bond acceptors (Lipinski definition) is 4. The highest BCUT2D eigenvalue weighted by molar-refractivity contribution is 6.34. The van der Waals surface area contributed by atoms with Crippen LogP contribution in [0.3, 0.4) is 0 Å². The van der Waals surface area contributed by atoms with Gasteiger partial charge in [-0.05, 0) is 107 Å². The highest BCUT2D eigenvalue weighted by Crippen LogP contribution is 2.56. The number of hydrogen-bond donors (Lipinski definition) is 0. The number of nitrogens with zero attached hydrogens (tertiary/aromatic N) is 3. The van der Waals surface area contributed by atoms with Gasteiger partial charge in [0.25, 0.3) is 0 Å². The van der Waals surface area contributed by atoms with Crippen LogP contribution in [-0.2, 0) is 0 Å². The minimum Gasteiger partial charge on any atom is -0.454 e. The lowest BCUT2D eigenvalue weighted by Gasteiger charge is -2.30. The number of anilines is 6. The summed E-state index contributed by atoms with van der Waals surface area (Å²) in [6, 6.07) is 94.9. The summed E-state index contributed by atoms with van der Waals surface area (Å²) < 4.78 is 16.6. The van der Waals surface area contributed by atoms with Gasteiger partial charge in [0.2, 0.25) is 0 Å². The zero-order valence-electron chi connectivity index (χ0n) is 44.5. The van der Waals surface area contributed by atoms with Gasteiger partial charge in [-0.25, -0.2) is 0 Å². The molecule has 0 amide bonds. The van der Waals surface area contributed by atoms with Gasteiger partial charge < -0.3 is 23.0 Å². The molecule has 5 heteroatoms. The molecule has 0 atom stereocenters. The molecular weight excluding hydrogens is 987 g/mol. The lowest BCUT2D eigenvalue weighted by molar-refractivity contribution is 0.669. The first-order chi connectivity index (χ1) is 40.0. The smallest absolute Gasteiger partial charge is 0.159 e. The van der Waals surface area contributed by atoms with Crippen LogP contribution >= 0.6 is 0 Å². The van der Waals surface area contributed by atoms with Gasteiger partial charge in [0.1, 0.15) is 11.2 Å². The molecule has 13 aromatic carbocycles. The van der Waals surface area contributed by atoms with Crippen LogP contribution in [0.5, 0.6) is 0 Å². The van der Waals surface area contributed by atoms with Crippen LogP contribution in [-0.4, -0.2) is 4.40 Å². The van der Waals surface area contributed by atoms with E-state index in [2.05, 4.69) is 289 Å². The monoisotopic (exact) mass is 1040 g/mol. The van der Waals surface area contributed by atoms with Crippen molar-refractivity contribution in [2.75, 3.05) is 9.80 Å². The molecule has 4 aromatic heterocycles. The Morgan fingerprint density at radius 3 is 1.15 bits per heavy atom. The summed E-state index contributed by atoms with van der Waals surface area (Å²) in [6.07, 6.45) is 0. The van der Waals surface area contributed by atoms with E-state index in [1.54, 1.807) is 0 Å². The van der Waals surface area contributed by atoms with E-state index in [-0.39, 0.29) is 0 Å². The quantitative estimate of drug-likeness (QED) is 0.152. The van der Waals surface area contributed by atoms with Gasteiger partial charge in [0.15, 0.2) is 11.2 Å². The second-order valence-electron chi connectivity index (χ2n) is 21.6. The summed E-state index contributed by atoms with van der Waals surface area (Å²) in [5.74, 6) is 0. The largest absolute Gasteiger partial charge is 0.454 e. The first-order valence-corrected chi connectivity index (χ1v) is 27.8. The predicted molar refractivity (Wildman–Crippen MR) is 340 cm³/mol. The summed E-state index contributed by atoms with van der Waals surface area (Å²) in [5.41, 5.74) is 20.0. The molecule has 0 N–H and O–H groups in total. The van der Waals surface area contributed by atoms with E-state index in [0.29, 0.717) is 0 Å². The Kier molecular flexibility index (Phi) is 9.78. The van der Waals surface area contributed by atoms with E-state index in [1.165, 1.54) is 27.1 Å². The molecule has 0 fully saturated rings. The fourth-order valence-corrected chi connectivity index (χ4v) is 13.4. The maximum Gasteiger partial charge on any atom is 0.159 e. The van der Waals surface area contributed by atoms with Crippen LogP contribution in [0.2, 0.25) is 0 Å². The van der Waals surface area contributed by atoms with Crippen LogP contribution in [0.25, 0.3) is 126 Å². The van der Waals surface area contributed by atoms with Crippen LogP contribution in [0.1, 0.15) is 11.1 Å². The Morgan fingerprint density at radius 1 is 0.296 bits per heavy atom. The standard InChI is InChI=1S/C76H49N3O2/c1-46-38-40-50(48-20-5-3-6-21-48)42-64(46)77(62-34-18-30-58-56-28-13-15-36-68(56)80-75(58)62)73-54-26-11-9-24-52(54)44-66-70(73)60-32-17-33-61-71-67(79(66)72(60)61)45-53-25-10-12-27-55(53)74(71)78(65-43-51(41-39-47(65)2)49-22-7-4-8-23-49)63-35-19-31-59-57-29-14-16-37-69(57)81-76(59)63/h3-45H,1-2H3. The van der Waals surface area contributed by atoms with Gasteiger partial charge in [-0.2, -0.15) is 0 Å². The van der Waals surface area contributed by atoms with Gasteiger partial charge in [0.05, 0.1) is 39.3 Å². The lowest BCUT2D eigenvalue weighted by Crippen LogP contribution is -2.13. The molecule has 0 aliphatic heterocycles. The molecule has 0 saturated heterocycles. The van der Waals surface area contributed by atoms with E-state index in [4.69, 9.17) is 8.83 Å². The average molecular weight is 1040 g/mol. The first-order valence-electron chi connectivity index (χ1n) is 27.8. The van der Waals surface area contributed by atoms with Crippen molar-refractivity contribution in [1.29, 1.82) is 0 Å². The Morgan fingerprint density at radius 2 is 0.679 bits per heavy atom. The normalized spacial score (nSPS) is 12.1. The molecular formula is C76H49N3O2. The van der Waals surface area contributed by atoms with E-state index in [1.807, 2.05) is 0 Å². The Labute approximate surface area is 466 Å². The van der Waals surface area contributed by atoms with Crippen molar-refractivity contribution < 1.29 is 8.83 Å². The summed E-state index contributed by atoms with van der Waals surface area (Å²) >= 11 is 0. The van der Waals surface area contributed by atoms with Gasteiger partial charge in [0, 0.05) is 65.2 Å². The summed E-state index contributed by atoms with van der Waals surface area (Å²) in [7, 11) is 0. The highest BCUT2D eigenvalue weighted by Gasteiger charge is 2.32. The van der Waals surface area contributed by atoms with Crippen molar-refractivity contribution in [2.24, 2.45) is 0 Å². The third-order valence-corrected chi connectivity index (χ3v) is 17.1. The van der Waals surface area contributed by atoms with Crippen molar-refractivity contribution in [3.8, 4) is 22.3 Å². The molecule has 0 saturated carbocycles. The Hall–Kier alpha value is -10.6. The van der Waals surface area contributed by atoms with Crippen LogP contribution in [0.15, 0.2) is 270 Å². The highest BCUT2D eigenvalue weighted by atomic mass is 16.3. The second-order valence-corrected chi connectivity index (χ2v) is 21.6. The van der Waals surface area contributed by atoms with Crippen LogP contribution < -0.4 is 9.80 Å². The van der Waals surface area contributed by atoms with Crippen LogP contribution in [0, 0.1) is 13.8 Å². The van der Waals surface area contributed by atoms with E-state index >= 15 is 0 Å². The summed E-state index contributed by atoms with van der Waals surface area (Å²) in [5, 5.41) is 13.6. The number of para-hydroxylation sites is 5. The maximum absolute atomic E-state index is 7.03. The molecule has 5 nitrogen and oxygen atoms in total. The predicted octanol–water partition coefficient (Wildman–Crippen LogP) is 21.8. The minimum atomic E-state index is 0.841. The molecule has 4 heterocycles. The molecule has 0 unspecified atom stereocenters. The number of benzene rings is 13. The third kappa shape index (κ3) is 6.67. The zero-order valence-corrected chi connectivity index (χ0v) is 44.5. The fraction of sp³-hybridized carbons (Fsp3) is 0.0263. The second kappa shape index (κ2) is 17.4. The van der Waals surface area contributed by atoms with Crippen molar-refractivity contribution in [2.45, 2.75) is 13.8 Å². The molecule has 0 spiro atoms. The summed E-state index contributed by atoms with van der Waals surface area (Å²) in [6.45, 7) is 4.47. The van der Waals surface area contributed by atoms with E-state index < -0.39 is 0 Å². The Bertz CT molecular complexity index is 5070. The molecule has 0 bridgehead atoms. The van der Waals surface area contributed by atoms with Crippen molar-refractivity contribution >= 4 is 138 Å². The number of rotatable bonds is 8. The van der Waals surface area contributed by atoms with Gasteiger partial charge in [-0.3, -0.25) is 0 Å². The van der Waals surface area contributed by atoms with Gasteiger partial charge in [-0.15, -0.1) is 0 Å². The zero-order chi connectivity index (χ0) is 53.4. The minimum absolute atomic E-state index is 0.841. The summed E-state index contributed by atoms with van der Waals surface area (Å²) in [4.78, 5) is 5.03. The molecule has 17 rings (SSSR count). The third-order valence-electron chi connectivity index (χ3n) is 17.1. The lowest BCUT2D eigenvalue weighted by atomic mass is 9.96. The number of furan rings is 2. The molecule has 380 valence electrons. The molecule has 81 heavy (non-hydrogen) atoms. The van der Waals surface area contributed by atoms with Gasteiger partial charge in [-0.1, -0.05) is 212 Å². The fourth-order valence-electron chi connectivity index (χ4n) is 13.4. The van der Waals surface area contributed by atoms with Crippen molar-refractivity contribution in [3.63, 3.8) is 0 Å². The van der Waals surface area contributed by atoms with E-state index in [9.17, 15) is 0 Å². The van der Waals surface area contributed by atoms with Crippen molar-refractivity contribution in [3.05, 3.63) is 272 Å². The number of fused-ring (bicyclic) bond motifs is 14. The maximum atomic E-state index is 7.03. The molecule has 0 aliphatic carbocycles. The SMILES string of the molecule is Cc1ccc(-c2ccccc2)cc1N(c1cccc2c1oc1ccccc12)c1c2ccccc2cc2c1c1cccc3c4c(N(c5cc(-c6ccccc6)ccc5C)c5cccc6c5oc5ccccc56)c5ccccc5cc4n2c13. The number of aryl methyl sites for hydroxylation is 2. The van der Waals surface area contributed by atoms with Crippen molar-refractivity contribution in [1.82, 2.24) is 4.40 Å². The Balaban J connectivity index is 1.03. The molecule has 0 radical (unpaired) electrons. The first kappa shape index (κ1) is 45.4. The van der Waals surface area contributed by atoms with Crippen LogP contribution in [0.4, 0.5) is 34.1 Å². The van der Waals surface area contributed by atoms with E-state index in [0.717, 1.165) is 144 Å². The topological polar surface area (TPSA) is 37.2 Å². The molecule has 17 aromatic rings. The average Bonchev–Trinajstić information content (AvgIpc) is 3.75. The molecule has 0 aliphatic rings.